The van der Waals surface area contributed by atoms with Crippen LogP contribution < -0.4 is 0 Å². The third kappa shape index (κ3) is 14.0. The molecule has 0 radical (unpaired) electrons. The first-order chi connectivity index (χ1) is 71.8. The summed E-state index contributed by atoms with van der Waals surface area (Å²) in [6, 6.07) is 90.9. The quantitative estimate of drug-likeness (QED) is 0.141. The maximum absolute atomic E-state index is 15.0. The highest BCUT2D eigenvalue weighted by atomic mass is 19.4. The van der Waals surface area contributed by atoms with Gasteiger partial charge in [-0.05, 0) is 210 Å². The van der Waals surface area contributed by atoms with Crippen LogP contribution in [0, 0.1) is 61.7 Å². The van der Waals surface area contributed by atoms with Crippen LogP contribution in [-0.2, 0) is 37.1 Å². The number of fused-ring (bicyclic) bond motifs is 24. The first kappa shape index (κ1) is 92.6. The van der Waals surface area contributed by atoms with Crippen molar-refractivity contribution in [2.75, 3.05) is 0 Å². The van der Waals surface area contributed by atoms with Crippen LogP contribution in [0.25, 0.3) is 220 Å². The molecule has 26 rings (SSSR count). The second-order valence-corrected chi connectivity index (χ2v) is 37.6. The van der Waals surface area contributed by atoms with Gasteiger partial charge >= 0.3 is 37.1 Å². The summed E-state index contributed by atoms with van der Waals surface area (Å²) in [7, 11) is 0. The Labute approximate surface area is 834 Å². The number of benzene rings is 17. The van der Waals surface area contributed by atoms with E-state index in [2.05, 4.69) is 42.5 Å². The van der Waals surface area contributed by atoms with Crippen molar-refractivity contribution in [3.8, 4) is 64.0 Å². The van der Waals surface area contributed by atoms with Crippen molar-refractivity contribution >= 4 is 174 Å². The average molecular weight is 2020 g/mol. The molecule has 0 N–H and O–H groups in total. The highest BCUT2D eigenvalue weighted by Crippen LogP contribution is 2.55. The Morgan fingerprint density at radius 1 is 0.173 bits per heavy atom. The lowest BCUT2D eigenvalue weighted by Gasteiger charge is -2.27. The lowest BCUT2D eigenvalue weighted by Crippen LogP contribution is -2.17. The second-order valence-electron chi connectivity index (χ2n) is 37.6. The minimum atomic E-state index is -4.99. The number of rotatable bonds is 8. The molecule has 30 heteroatoms. The number of nitrogens with zero attached hydrogens (tertiary/aromatic N) is 12. The van der Waals surface area contributed by atoms with E-state index < -0.39 is 81.6 Å². The highest BCUT2D eigenvalue weighted by molar-refractivity contribution is 6.20. The molecule has 0 atom stereocenters. The number of hydrogen-bond donors (Lipinski definition) is 0. The van der Waals surface area contributed by atoms with Gasteiger partial charge in [-0.25, -0.2) is 4.98 Å². The third-order valence-corrected chi connectivity index (χ3v) is 28.8. The minimum absolute atomic E-state index is 0.0159. The Morgan fingerprint density at radius 3 is 0.627 bits per heavy atom. The molecular formula is C120H66F18N12. The second kappa shape index (κ2) is 32.8. The summed E-state index contributed by atoms with van der Waals surface area (Å²) in [5.74, 6) is 0.296. The fraction of sp³-hybridized carbons (Fsp3) is 0.0833. The monoisotopic (exact) mass is 2020 g/mol. The average Bonchev–Trinajstić information content (AvgIpc) is 1.52. The van der Waals surface area contributed by atoms with E-state index in [4.69, 9.17) is 4.98 Å². The zero-order chi connectivity index (χ0) is 104. The Hall–Kier alpha value is -18.5. The van der Waals surface area contributed by atoms with Gasteiger partial charge in [0.05, 0.1) is 144 Å². The van der Waals surface area contributed by atoms with Crippen molar-refractivity contribution in [1.82, 2.24) is 41.5 Å². The van der Waals surface area contributed by atoms with E-state index >= 15 is 0 Å². The van der Waals surface area contributed by atoms with Crippen molar-refractivity contribution in [2.24, 2.45) is 0 Å². The van der Waals surface area contributed by atoms with Crippen molar-refractivity contribution in [1.29, 1.82) is 15.8 Å². The Morgan fingerprint density at radius 2 is 0.353 bits per heavy atom. The summed E-state index contributed by atoms with van der Waals surface area (Å²) in [5.41, 5.74) is 1.51. The molecule has 0 saturated heterocycles. The molecule has 12 nitrogen and oxygen atoms in total. The predicted molar refractivity (Wildman–Crippen MR) is 548 cm³/mol. The molecule has 0 aliphatic rings. The van der Waals surface area contributed by atoms with E-state index in [0.29, 0.717) is 110 Å². The summed E-state index contributed by atoms with van der Waals surface area (Å²) in [6.45, 7) is 7.96. The Kier molecular flexibility index (Phi) is 20.2. The van der Waals surface area contributed by atoms with Crippen LogP contribution >= 0.6 is 0 Å². The number of aromatic nitrogens is 9. The third-order valence-electron chi connectivity index (χ3n) is 28.8. The largest absolute Gasteiger partial charge is 0.416 e. The predicted octanol–water partition coefficient (Wildman–Crippen LogP) is 34.5. The molecule has 0 amide bonds. The van der Waals surface area contributed by atoms with Crippen LogP contribution in [-0.4, -0.2) is 41.5 Å². The molecule has 17 aromatic carbocycles. The van der Waals surface area contributed by atoms with Gasteiger partial charge in [-0.3, -0.25) is 9.13 Å². The van der Waals surface area contributed by atoms with Crippen molar-refractivity contribution < 1.29 is 79.0 Å². The fourth-order valence-electron chi connectivity index (χ4n) is 22.5. The summed E-state index contributed by atoms with van der Waals surface area (Å²) < 4.78 is 280. The van der Waals surface area contributed by atoms with Crippen LogP contribution in [0.3, 0.4) is 0 Å². The van der Waals surface area contributed by atoms with Gasteiger partial charge < -0.3 is 27.4 Å². The summed E-state index contributed by atoms with van der Waals surface area (Å²) >= 11 is 0. The smallest absolute Gasteiger partial charge is 0.306 e. The molecule has 732 valence electrons. The van der Waals surface area contributed by atoms with E-state index in [0.717, 1.165) is 129 Å². The van der Waals surface area contributed by atoms with Crippen LogP contribution in [0.1, 0.15) is 72.3 Å². The Bertz CT molecular complexity index is 10100. The number of aryl methyl sites for hydroxylation is 4. The van der Waals surface area contributed by atoms with Gasteiger partial charge in [-0.15, -0.1) is 0 Å². The molecule has 9 aromatic heterocycles. The number of nitriles is 3. The molecule has 0 unspecified atom stereocenters. The normalized spacial score (nSPS) is 12.7. The maximum Gasteiger partial charge on any atom is 0.416 e. The summed E-state index contributed by atoms with van der Waals surface area (Å²) in [4.78, 5) is 5.78. The molecule has 0 aliphatic heterocycles. The SMILES string of the molecule is Cc1ccc2c(c1)c1cc(C)ccc1n2-c1nc(-n2c3ccccc3c3ccc(C(F)(F)F)cc32)c(-n2c3ccc(C)cc3c3cc(C)ccc32)c(C#N)c1-n1c2ccccc2c2ccc(C(F)(F)F)cc21.N#Cc1c(-n2c3ccc(C(F)(F)F)cc3c3cc(C(F)(F)F)ccc32)c(C#N)c(-n2c3ccccc3c3ccccc32)c(-n2c3ccc(C(F)(F)F)cc3c3cc(C(F)(F)F)ccc32)c1-n1c2ccccc2c2ccccc21. The van der Waals surface area contributed by atoms with Crippen molar-refractivity contribution in [3.05, 3.63) is 400 Å². The molecule has 0 spiro atoms. The molecule has 150 heavy (non-hydrogen) atoms. The zero-order valence-corrected chi connectivity index (χ0v) is 78.3. The van der Waals surface area contributed by atoms with E-state index in [1.165, 1.54) is 21.3 Å². The van der Waals surface area contributed by atoms with Gasteiger partial charge in [0.15, 0.2) is 11.6 Å². The van der Waals surface area contributed by atoms with E-state index in [-0.39, 0.29) is 106 Å². The van der Waals surface area contributed by atoms with Crippen LogP contribution in [0.15, 0.2) is 328 Å². The highest BCUT2D eigenvalue weighted by Gasteiger charge is 2.43. The van der Waals surface area contributed by atoms with Gasteiger partial charge in [0.2, 0.25) is 0 Å². The van der Waals surface area contributed by atoms with Gasteiger partial charge in [0, 0.05) is 86.2 Å². The van der Waals surface area contributed by atoms with Gasteiger partial charge in [0.1, 0.15) is 46.3 Å². The van der Waals surface area contributed by atoms with Crippen LogP contribution in [0.4, 0.5) is 79.0 Å². The molecular weight excluding hydrogens is 1950 g/mol. The molecule has 9 heterocycles. The number of pyridine rings is 1. The summed E-state index contributed by atoms with van der Waals surface area (Å²) in [6.07, 6.45) is -29.4. The Balaban J connectivity index is 0.000000156. The molecule has 0 bridgehead atoms. The molecule has 0 saturated carbocycles. The van der Waals surface area contributed by atoms with Crippen molar-refractivity contribution in [2.45, 2.75) is 64.8 Å². The molecule has 26 aromatic rings. The fourth-order valence-corrected chi connectivity index (χ4v) is 22.5. The minimum Gasteiger partial charge on any atom is -0.306 e. The van der Waals surface area contributed by atoms with Crippen molar-refractivity contribution in [3.63, 3.8) is 0 Å². The zero-order valence-electron chi connectivity index (χ0n) is 78.3. The molecule has 0 fully saturated rings. The van der Waals surface area contributed by atoms with Crippen LogP contribution in [0.2, 0.25) is 0 Å². The lowest BCUT2D eigenvalue weighted by molar-refractivity contribution is -0.138. The lowest BCUT2D eigenvalue weighted by atomic mass is 9.98. The van der Waals surface area contributed by atoms with Gasteiger partial charge in [-0.2, -0.15) is 94.8 Å². The first-order valence-electron chi connectivity index (χ1n) is 47.0. The number of halogens is 18. The first-order valence-corrected chi connectivity index (χ1v) is 47.0. The number of alkyl halides is 18. The van der Waals surface area contributed by atoms with Gasteiger partial charge in [-0.1, -0.05) is 168 Å². The topological polar surface area (TPSA) is 124 Å². The van der Waals surface area contributed by atoms with E-state index in [1.807, 2.05) is 128 Å². The van der Waals surface area contributed by atoms with Crippen LogP contribution in [0.5, 0.6) is 0 Å². The molecule has 0 aliphatic carbocycles. The van der Waals surface area contributed by atoms with Gasteiger partial charge in [0.25, 0.3) is 0 Å². The maximum atomic E-state index is 15.0. The standard InChI is InChI=1S/C60H28F12N6.C60H38F6N6/c61-57(62,63)31-17-21-49-39(25-31)40-26-32(58(64,65)66)18-22-50(40)75(49)53-43(29-73)54(76-45-13-5-1-9-35(45)36-10-2-6-14-46(36)76)56(55(44(53)30-74)77-47-15-7-3-11-37(47)38-12-4-8-16-48(38)77)78-51-23-19-33(59(67,68)69)27-41(51)42-28-34(60(70,71)72)20-24-52(42)78;1-32-13-21-49-42(25-32)43-26-33(2)14-22-50(43)69(49)55-46(31-67)56(70-47-11-7-5-9-38(47)40-19-17-36(29-53(40)70)59(61,62)63)57(71-51-23-15-34(3)27-44(51)45-28-35(4)16-24-52(45)71)68-58(55)72-48-12-8-6-10-39(48)41-20-18-37(30-54(41)72)60(64,65)66/h1-28H;5-30H,1-4H3. The number of para-hydroxylation sites is 6. The number of hydrogen-bond acceptors (Lipinski definition) is 4. The van der Waals surface area contributed by atoms with E-state index in [9.17, 15) is 94.8 Å². The summed E-state index contributed by atoms with van der Waals surface area (Å²) in [5, 5.41) is 43.5. The van der Waals surface area contributed by atoms with E-state index in [1.54, 1.807) is 121 Å².